The number of hydrogen-bond acceptors (Lipinski definition) is 3. The molecule has 0 fully saturated rings. The molecule has 80 valence electrons. The molecule has 4 heteroatoms. The zero-order chi connectivity index (χ0) is 10.8. The van der Waals surface area contributed by atoms with Crippen LogP contribution in [0.1, 0.15) is 13.3 Å². The highest BCUT2D eigenvalue weighted by molar-refractivity contribution is 6.18. The number of rotatable bonds is 2. The third-order valence-corrected chi connectivity index (χ3v) is 2.75. The van der Waals surface area contributed by atoms with Crippen LogP contribution in [0.2, 0.25) is 0 Å². The summed E-state index contributed by atoms with van der Waals surface area (Å²) in [6, 6.07) is 0. The van der Waals surface area contributed by atoms with Gasteiger partial charge in [0.25, 0.3) is 0 Å². The fourth-order valence-corrected chi connectivity index (χ4v) is 1.94. The molecule has 2 heterocycles. The van der Waals surface area contributed by atoms with Crippen molar-refractivity contribution in [1.29, 1.82) is 0 Å². The lowest BCUT2D eigenvalue weighted by Crippen LogP contribution is -2.34. The van der Waals surface area contributed by atoms with Crippen molar-refractivity contribution in [2.24, 2.45) is 4.99 Å². The van der Waals surface area contributed by atoms with E-state index < -0.39 is 0 Å². The Morgan fingerprint density at radius 1 is 1.60 bits per heavy atom. The van der Waals surface area contributed by atoms with E-state index in [0.29, 0.717) is 11.7 Å². The number of halogens is 1. The molecule has 0 saturated carbocycles. The normalized spacial score (nSPS) is 20.0. The zero-order valence-corrected chi connectivity index (χ0v) is 9.33. The number of alkyl halides is 1. The molecule has 0 radical (unpaired) electrons. The fourth-order valence-electron chi connectivity index (χ4n) is 1.71. The minimum Gasteiger partial charge on any atom is -0.504 e. The number of allylic oxidation sites excluding steroid dienone is 3. The number of nitrogens with zero attached hydrogens (tertiary/aromatic N) is 2. The van der Waals surface area contributed by atoms with Gasteiger partial charge in [0.15, 0.2) is 11.6 Å². The van der Waals surface area contributed by atoms with Gasteiger partial charge in [-0.15, -0.1) is 11.6 Å². The monoisotopic (exact) mass is 224 g/mol. The Bertz CT molecular complexity index is 393. The van der Waals surface area contributed by atoms with Crippen molar-refractivity contribution >= 4 is 17.4 Å². The molecule has 15 heavy (non-hydrogen) atoms. The maximum absolute atomic E-state index is 9.63. The second-order valence-electron chi connectivity index (χ2n) is 3.58. The van der Waals surface area contributed by atoms with Crippen molar-refractivity contribution in [2.45, 2.75) is 13.3 Å². The van der Waals surface area contributed by atoms with Gasteiger partial charge < -0.3 is 10.0 Å². The van der Waals surface area contributed by atoms with Crippen molar-refractivity contribution in [3.05, 3.63) is 35.4 Å². The summed E-state index contributed by atoms with van der Waals surface area (Å²) < 4.78 is 0. The fraction of sp³-hybridized carbons (Fsp3) is 0.364. The topological polar surface area (TPSA) is 35.8 Å². The summed E-state index contributed by atoms with van der Waals surface area (Å²) in [6.07, 6.45) is 6.22. The Morgan fingerprint density at radius 2 is 2.40 bits per heavy atom. The van der Waals surface area contributed by atoms with Crippen LogP contribution >= 0.6 is 11.6 Å². The number of fused-ring (bicyclic) bond motifs is 1. The van der Waals surface area contributed by atoms with Crippen LogP contribution in [0.15, 0.2) is 40.4 Å². The average molecular weight is 225 g/mol. The summed E-state index contributed by atoms with van der Waals surface area (Å²) >= 11 is 5.72. The van der Waals surface area contributed by atoms with Gasteiger partial charge in [0.1, 0.15) is 0 Å². The van der Waals surface area contributed by atoms with Crippen LogP contribution in [-0.4, -0.2) is 28.3 Å². The third kappa shape index (κ3) is 1.92. The lowest BCUT2D eigenvalue weighted by Gasteiger charge is -2.29. The van der Waals surface area contributed by atoms with Gasteiger partial charge >= 0.3 is 0 Å². The molecule has 0 saturated heterocycles. The van der Waals surface area contributed by atoms with Crippen molar-refractivity contribution < 1.29 is 5.11 Å². The number of aliphatic imine (C=N–C) groups is 1. The summed E-state index contributed by atoms with van der Waals surface area (Å²) in [7, 11) is 0. The van der Waals surface area contributed by atoms with E-state index in [-0.39, 0.29) is 5.76 Å². The van der Waals surface area contributed by atoms with E-state index in [1.807, 2.05) is 24.1 Å². The Balaban J connectivity index is 2.32. The quantitative estimate of drug-likeness (QED) is 0.732. The van der Waals surface area contributed by atoms with Gasteiger partial charge in [0.05, 0.1) is 0 Å². The van der Waals surface area contributed by atoms with E-state index in [9.17, 15) is 5.11 Å². The van der Waals surface area contributed by atoms with E-state index >= 15 is 0 Å². The standard InChI is InChI=1S/C11H13ClN2O/c1-8-9(4-5-12)7-14-6-2-3-10(15)11(14)13-8/h2-3,6,15H,4-5,7H2,1H3. The molecule has 3 nitrogen and oxygen atoms in total. The Kier molecular flexibility index (Phi) is 2.82. The average Bonchev–Trinajstić information content (AvgIpc) is 2.21. The van der Waals surface area contributed by atoms with E-state index in [2.05, 4.69) is 4.99 Å². The van der Waals surface area contributed by atoms with Crippen LogP contribution in [-0.2, 0) is 0 Å². The van der Waals surface area contributed by atoms with Gasteiger partial charge in [-0.2, -0.15) is 0 Å². The summed E-state index contributed by atoms with van der Waals surface area (Å²) in [6.45, 7) is 2.73. The van der Waals surface area contributed by atoms with Gasteiger partial charge in [-0.3, -0.25) is 0 Å². The highest BCUT2D eigenvalue weighted by Crippen LogP contribution is 2.22. The summed E-state index contributed by atoms with van der Waals surface area (Å²) in [5.41, 5.74) is 2.20. The largest absolute Gasteiger partial charge is 0.504 e. The first kappa shape index (κ1) is 10.3. The molecule has 0 amide bonds. The van der Waals surface area contributed by atoms with Crippen LogP contribution in [0.5, 0.6) is 0 Å². The predicted molar refractivity (Wildman–Crippen MR) is 62.0 cm³/mol. The summed E-state index contributed by atoms with van der Waals surface area (Å²) in [5, 5.41) is 9.63. The molecule has 2 aliphatic heterocycles. The molecule has 0 atom stereocenters. The van der Waals surface area contributed by atoms with Crippen LogP contribution in [0.25, 0.3) is 0 Å². The molecule has 0 spiro atoms. The Morgan fingerprint density at radius 3 is 3.13 bits per heavy atom. The molecule has 0 bridgehead atoms. The maximum Gasteiger partial charge on any atom is 0.175 e. The smallest absolute Gasteiger partial charge is 0.175 e. The molecular formula is C11H13ClN2O. The maximum atomic E-state index is 9.63. The second-order valence-corrected chi connectivity index (χ2v) is 3.96. The zero-order valence-electron chi connectivity index (χ0n) is 8.57. The second kappa shape index (κ2) is 4.11. The number of aliphatic hydroxyl groups excluding tert-OH is 1. The van der Waals surface area contributed by atoms with Crippen LogP contribution in [0.4, 0.5) is 0 Å². The minimum atomic E-state index is 0.224. The Hall–Kier alpha value is -1.22. The first-order valence-electron chi connectivity index (χ1n) is 4.90. The molecule has 0 aliphatic carbocycles. The molecule has 0 aromatic heterocycles. The van der Waals surface area contributed by atoms with Crippen LogP contribution in [0.3, 0.4) is 0 Å². The molecule has 1 N–H and O–H groups in total. The molecule has 0 aromatic rings. The first-order valence-corrected chi connectivity index (χ1v) is 5.43. The number of hydrogen-bond donors (Lipinski definition) is 1. The molecular weight excluding hydrogens is 212 g/mol. The summed E-state index contributed by atoms with van der Waals surface area (Å²) in [5.74, 6) is 1.46. The molecule has 2 rings (SSSR count). The minimum absolute atomic E-state index is 0.224. The molecule has 0 unspecified atom stereocenters. The van der Waals surface area contributed by atoms with Crippen LogP contribution in [0, 0.1) is 0 Å². The van der Waals surface area contributed by atoms with Gasteiger partial charge in [-0.1, -0.05) is 0 Å². The number of amidine groups is 1. The highest BCUT2D eigenvalue weighted by Gasteiger charge is 2.22. The van der Waals surface area contributed by atoms with E-state index in [4.69, 9.17) is 11.6 Å². The molecule has 0 aromatic carbocycles. The van der Waals surface area contributed by atoms with Crippen molar-refractivity contribution in [2.75, 3.05) is 12.4 Å². The third-order valence-electron chi connectivity index (χ3n) is 2.56. The van der Waals surface area contributed by atoms with Gasteiger partial charge in [0, 0.05) is 24.3 Å². The highest BCUT2D eigenvalue weighted by atomic mass is 35.5. The summed E-state index contributed by atoms with van der Waals surface area (Å²) in [4.78, 5) is 6.31. The van der Waals surface area contributed by atoms with Crippen molar-refractivity contribution in [3.63, 3.8) is 0 Å². The van der Waals surface area contributed by atoms with E-state index in [1.54, 1.807) is 6.08 Å². The predicted octanol–water partition coefficient (Wildman–Crippen LogP) is 2.57. The number of aliphatic hydroxyl groups is 1. The van der Waals surface area contributed by atoms with E-state index in [1.165, 1.54) is 5.57 Å². The van der Waals surface area contributed by atoms with E-state index in [0.717, 1.165) is 18.7 Å². The lowest BCUT2D eigenvalue weighted by atomic mass is 10.1. The van der Waals surface area contributed by atoms with Gasteiger partial charge in [-0.25, -0.2) is 4.99 Å². The Labute approximate surface area is 94.1 Å². The SMILES string of the molecule is CC1=C(CCCl)CN2C=CC=C(O)C2=N1. The van der Waals surface area contributed by atoms with Crippen molar-refractivity contribution in [3.8, 4) is 0 Å². The van der Waals surface area contributed by atoms with Crippen molar-refractivity contribution in [1.82, 2.24) is 4.90 Å². The molecule has 2 aliphatic rings. The lowest BCUT2D eigenvalue weighted by molar-refractivity contribution is 0.417. The van der Waals surface area contributed by atoms with Gasteiger partial charge in [-0.05, 0) is 31.1 Å². The van der Waals surface area contributed by atoms with Crippen LogP contribution < -0.4 is 0 Å². The first-order chi connectivity index (χ1) is 7.22. The van der Waals surface area contributed by atoms with Gasteiger partial charge in [0.2, 0.25) is 0 Å².